The summed E-state index contributed by atoms with van der Waals surface area (Å²) in [6, 6.07) is 24.7. The smallest absolute Gasteiger partial charge is 0.0919 e. The summed E-state index contributed by atoms with van der Waals surface area (Å²) in [5.74, 6) is 0. The average molecular weight is 372 g/mol. The summed E-state index contributed by atoms with van der Waals surface area (Å²) in [4.78, 5) is 0. The van der Waals surface area contributed by atoms with Crippen LogP contribution in [0.5, 0.6) is 0 Å². The number of hydrogen-bond acceptors (Lipinski definition) is 2. The molecule has 136 valence electrons. The van der Waals surface area contributed by atoms with Gasteiger partial charge in [0, 0.05) is 12.2 Å². The molecule has 0 saturated heterocycles. The molecule has 0 aromatic heterocycles. The Bertz CT molecular complexity index is 772. The number of hydrogen-bond donors (Lipinski definition) is 0. The number of nitrogens with zero attached hydrogens (tertiary/aromatic N) is 2. The molecule has 0 unspecified atom stereocenters. The Labute approximate surface area is 164 Å². The molecule has 0 radical (unpaired) electrons. The number of unbranched alkanes of at least 4 members (excludes halogenated alkanes) is 3. The first kappa shape index (κ1) is 20.6. The Balaban J connectivity index is 2.48. The Hall–Kier alpha value is -2.67. The minimum absolute atomic E-state index is 0.791. The van der Waals surface area contributed by atoms with E-state index in [1.165, 1.54) is 19.3 Å². The standard InChI is InChI=1S/C24H25N2P/c1-2-3-4-11-20-27(23(16-18-25)21-12-7-5-8-13-21)24(17-19-26)22-14-9-6-10-15-22/h5-10,12-17H,2-4,11,20H2,1H3/b23-16-,24-17-. The molecular weight excluding hydrogens is 347 g/mol. The summed E-state index contributed by atoms with van der Waals surface area (Å²) in [5, 5.41) is 21.0. The second kappa shape index (κ2) is 11.9. The summed E-state index contributed by atoms with van der Waals surface area (Å²) < 4.78 is 0. The second-order valence-electron chi connectivity index (χ2n) is 6.26. The van der Waals surface area contributed by atoms with E-state index in [1.807, 2.05) is 36.4 Å². The summed E-state index contributed by atoms with van der Waals surface area (Å²) in [6.45, 7) is 2.21. The van der Waals surface area contributed by atoms with Crippen molar-refractivity contribution < 1.29 is 0 Å². The van der Waals surface area contributed by atoms with Gasteiger partial charge in [-0.3, -0.25) is 0 Å². The highest BCUT2D eigenvalue weighted by molar-refractivity contribution is 7.78. The lowest BCUT2D eigenvalue weighted by atomic mass is 10.2. The Morgan fingerprint density at radius 3 is 1.67 bits per heavy atom. The molecule has 0 spiro atoms. The zero-order chi connectivity index (χ0) is 19.3. The summed E-state index contributed by atoms with van der Waals surface area (Å²) >= 11 is 0. The number of benzene rings is 2. The van der Waals surface area contributed by atoms with E-state index >= 15 is 0 Å². The van der Waals surface area contributed by atoms with Gasteiger partial charge in [-0.2, -0.15) is 10.5 Å². The van der Waals surface area contributed by atoms with Gasteiger partial charge in [-0.15, -0.1) is 0 Å². The number of allylic oxidation sites excluding steroid dienone is 2. The van der Waals surface area contributed by atoms with Crippen LogP contribution in [-0.4, -0.2) is 6.16 Å². The zero-order valence-electron chi connectivity index (χ0n) is 15.8. The normalized spacial score (nSPS) is 11.9. The van der Waals surface area contributed by atoms with E-state index in [0.717, 1.165) is 34.3 Å². The molecular formula is C24H25N2P. The van der Waals surface area contributed by atoms with E-state index in [0.29, 0.717) is 0 Å². The molecule has 27 heavy (non-hydrogen) atoms. The van der Waals surface area contributed by atoms with Crippen molar-refractivity contribution in [3.8, 4) is 12.1 Å². The van der Waals surface area contributed by atoms with Crippen LogP contribution in [-0.2, 0) is 0 Å². The summed E-state index contributed by atoms with van der Waals surface area (Å²) in [6.07, 6.45) is 9.03. The number of rotatable bonds is 9. The molecule has 0 atom stereocenters. The predicted octanol–water partition coefficient (Wildman–Crippen LogP) is 7.18. The maximum absolute atomic E-state index is 9.44. The van der Waals surface area contributed by atoms with Crippen LogP contribution in [0.15, 0.2) is 72.8 Å². The highest BCUT2D eigenvalue weighted by Gasteiger charge is 2.21. The van der Waals surface area contributed by atoms with Gasteiger partial charge in [0.05, 0.1) is 12.1 Å². The van der Waals surface area contributed by atoms with Crippen molar-refractivity contribution in [2.75, 3.05) is 6.16 Å². The minimum Gasteiger partial charge on any atom is -0.193 e. The molecule has 0 fully saturated rings. The van der Waals surface area contributed by atoms with Crippen molar-refractivity contribution >= 4 is 18.5 Å². The van der Waals surface area contributed by atoms with Gasteiger partial charge in [0.1, 0.15) is 0 Å². The van der Waals surface area contributed by atoms with Crippen LogP contribution >= 0.6 is 7.92 Å². The fourth-order valence-corrected chi connectivity index (χ4v) is 5.67. The third-order valence-electron chi connectivity index (χ3n) is 4.36. The SMILES string of the molecule is CCCCCCP(/C(=C\C#N)c1ccccc1)/C(=C\C#N)c1ccccc1. The van der Waals surface area contributed by atoms with E-state index in [9.17, 15) is 10.5 Å². The molecule has 0 aliphatic heterocycles. The van der Waals surface area contributed by atoms with Gasteiger partial charge in [-0.1, -0.05) is 86.8 Å². The quantitative estimate of drug-likeness (QED) is 0.266. The first-order chi connectivity index (χ1) is 13.3. The third-order valence-corrected chi connectivity index (χ3v) is 7.06. The van der Waals surface area contributed by atoms with Gasteiger partial charge in [-0.05, 0) is 42.3 Å². The van der Waals surface area contributed by atoms with Gasteiger partial charge < -0.3 is 0 Å². The van der Waals surface area contributed by atoms with Crippen LogP contribution in [0.4, 0.5) is 0 Å². The fourth-order valence-electron chi connectivity index (χ4n) is 3.04. The van der Waals surface area contributed by atoms with Crippen molar-refractivity contribution in [2.24, 2.45) is 0 Å². The lowest BCUT2D eigenvalue weighted by Gasteiger charge is -2.24. The van der Waals surface area contributed by atoms with E-state index in [-0.39, 0.29) is 0 Å². The molecule has 0 amide bonds. The van der Waals surface area contributed by atoms with Crippen LogP contribution in [0.1, 0.15) is 43.7 Å². The molecule has 2 aromatic carbocycles. The average Bonchev–Trinajstić information content (AvgIpc) is 2.73. The van der Waals surface area contributed by atoms with Crippen molar-refractivity contribution in [3.63, 3.8) is 0 Å². The van der Waals surface area contributed by atoms with Gasteiger partial charge >= 0.3 is 0 Å². The topological polar surface area (TPSA) is 47.6 Å². The van der Waals surface area contributed by atoms with Gasteiger partial charge in [0.15, 0.2) is 0 Å². The second-order valence-corrected chi connectivity index (χ2v) is 8.53. The van der Waals surface area contributed by atoms with Crippen LogP contribution in [0.25, 0.3) is 10.6 Å². The maximum Gasteiger partial charge on any atom is 0.0919 e. The van der Waals surface area contributed by atoms with E-state index in [1.54, 1.807) is 12.2 Å². The van der Waals surface area contributed by atoms with E-state index < -0.39 is 7.92 Å². The lowest BCUT2D eigenvalue weighted by Crippen LogP contribution is -1.94. The zero-order valence-corrected chi connectivity index (χ0v) is 16.7. The molecule has 2 nitrogen and oxygen atoms in total. The Kier molecular flexibility index (Phi) is 9.06. The minimum atomic E-state index is -0.791. The molecule has 0 aliphatic carbocycles. The van der Waals surface area contributed by atoms with Crippen molar-refractivity contribution in [2.45, 2.75) is 32.6 Å². The Morgan fingerprint density at radius 1 is 0.778 bits per heavy atom. The van der Waals surface area contributed by atoms with Gasteiger partial charge in [0.25, 0.3) is 0 Å². The van der Waals surface area contributed by atoms with Crippen molar-refractivity contribution in [1.82, 2.24) is 0 Å². The summed E-state index contributed by atoms with van der Waals surface area (Å²) in [5.41, 5.74) is 2.14. The van der Waals surface area contributed by atoms with E-state index in [2.05, 4.69) is 43.3 Å². The molecule has 0 heterocycles. The fraction of sp³-hybridized carbons (Fsp3) is 0.250. The van der Waals surface area contributed by atoms with Crippen LogP contribution in [0.2, 0.25) is 0 Å². The molecule has 0 aliphatic rings. The predicted molar refractivity (Wildman–Crippen MR) is 116 cm³/mol. The van der Waals surface area contributed by atoms with Crippen molar-refractivity contribution in [3.05, 3.63) is 83.9 Å². The van der Waals surface area contributed by atoms with Gasteiger partial charge in [-0.25, -0.2) is 0 Å². The van der Waals surface area contributed by atoms with Crippen LogP contribution < -0.4 is 0 Å². The number of nitriles is 2. The highest BCUT2D eigenvalue weighted by Crippen LogP contribution is 2.61. The van der Waals surface area contributed by atoms with Crippen LogP contribution in [0, 0.1) is 22.7 Å². The molecule has 2 aromatic rings. The summed E-state index contributed by atoms with van der Waals surface area (Å²) in [7, 11) is -0.791. The van der Waals surface area contributed by atoms with Gasteiger partial charge in [0.2, 0.25) is 0 Å². The lowest BCUT2D eigenvalue weighted by molar-refractivity contribution is 0.705. The van der Waals surface area contributed by atoms with Crippen molar-refractivity contribution in [1.29, 1.82) is 10.5 Å². The Morgan fingerprint density at radius 2 is 1.26 bits per heavy atom. The third kappa shape index (κ3) is 6.21. The van der Waals surface area contributed by atoms with E-state index in [4.69, 9.17) is 0 Å². The largest absolute Gasteiger partial charge is 0.193 e. The first-order valence-corrected chi connectivity index (χ1v) is 10.9. The highest BCUT2D eigenvalue weighted by atomic mass is 31.1. The first-order valence-electron chi connectivity index (χ1n) is 9.39. The monoisotopic (exact) mass is 372 g/mol. The molecule has 0 saturated carbocycles. The van der Waals surface area contributed by atoms with Crippen LogP contribution in [0.3, 0.4) is 0 Å². The molecule has 0 N–H and O–H groups in total. The molecule has 3 heteroatoms. The molecule has 0 bridgehead atoms. The maximum atomic E-state index is 9.44. The molecule has 2 rings (SSSR count).